The number of methoxy groups -OCH3 is 1. The third-order valence-corrected chi connectivity index (χ3v) is 2.43. The average Bonchev–Trinajstić information content (AvgIpc) is 2.81. The second kappa shape index (κ2) is 4.92. The predicted molar refractivity (Wildman–Crippen MR) is 64.3 cm³/mol. The van der Waals surface area contributed by atoms with Gasteiger partial charge >= 0.3 is 5.88 Å². The second-order valence-electron chi connectivity index (χ2n) is 3.81. The fraction of sp³-hybridized carbons (Fsp3) is 0.273. The Balaban J connectivity index is 2.37. The summed E-state index contributed by atoms with van der Waals surface area (Å²) in [5, 5.41) is 10.5. The van der Waals surface area contributed by atoms with Crippen LogP contribution in [0.4, 0.5) is 5.88 Å². The molecule has 0 aromatic carbocycles. The molecule has 0 radical (unpaired) electrons. The second-order valence-corrected chi connectivity index (χ2v) is 3.81. The van der Waals surface area contributed by atoms with Crippen molar-refractivity contribution in [1.29, 1.82) is 0 Å². The third-order valence-electron chi connectivity index (χ3n) is 2.43. The van der Waals surface area contributed by atoms with Gasteiger partial charge in [0.05, 0.1) is 19.7 Å². The van der Waals surface area contributed by atoms with Gasteiger partial charge in [-0.25, -0.2) is 4.98 Å². The number of aryl methyl sites for hydroxylation is 1. The number of aromatic nitrogens is 2. The van der Waals surface area contributed by atoms with Crippen LogP contribution in [0.15, 0.2) is 27.4 Å². The van der Waals surface area contributed by atoms with Gasteiger partial charge in [-0.05, 0) is 13.0 Å². The largest absolute Gasteiger partial charge is 0.468 e. The van der Waals surface area contributed by atoms with Crippen molar-refractivity contribution < 1.29 is 14.1 Å². The summed E-state index contributed by atoms with van der Waals surface area (Å²) >= 11 is 0. The fourth-order valence-corrected chi connectivity index (χ4v) is 1.60. The highest BCUT2D eigenvalue weighted by molar-refractivity contribution is 5.19. The Labute approximate surface area is 107 Å². The Morgan fingerprint density at radius 1 is 1.53 bits per heavy atom. The molecule has 0 saturated heterocycles. The Bertz CT molecular complexity index is 673. The van der Waals surface area contributed by atoms with Crippen LogP contribution in [-0.4, -0.2) is 21.6 Å². The highest BCUT2D eigenvalue weighted by Crippen LogP contribution is 2.17. The molecule has 0 aliphatic heterocycles. The molecule has 0 N–H and O–H groups in total. The summed E-state index contributed by atoms with van der Waals surface area (Å²) in [6, 6.07) is 4.14. The molecule has 0 unspecified atom stereocenters. The number of nitro groups is 1. The maximum Gasteiger partial charge on any atom is 0.433 e. The Morgan fingerprint density at radius 2 is 2.26 bits per heavy atom. The lowest BCUT2D eigenvalue weighted by Crippen LogP contribution is -2.23. The highest BCUT2D eigenvalue weighted by atomic mass is 16.6. The molecule has 100 valence electrons. The van der Waals surface area contributed by atoms with Crippen molar-refractivity contribution in [3.05, 3.63) is 50.1 Å². The maximum atomic E-state index is 11.8. The van der Waals surface area contributed by atoms with Crippen LogP contribution in [0.25, 0.3) is 0 Å². The number of furan rings is 1. The zero-order valence-corrected chi connectivity index (χ0v) is 10.3. The minimum absolute atomic E-state index is 0.0170. The van der Waals surface area contributed by atoms with Crippen LogP contribution in [-0.2, 0) is 6.54 Å². The smallest absolute Gasteiger partial charge is 0.433 e. The fourth-order valence-electron chi connectivity index (χ4n) is 1.60. The SMILES string of the molecule is COc1nc(C)cc(=O)n1Cc1ccc([N+](=O)[O-])o1. The molecule has 0 amide bonds. The first kappa shape index (κ1) is 12.8. The zero-order valence-electron chi connectivity index (χ0n) is 10.3. The lowest BCUT2D eigenvalue weighted by Gasteiger charge is -2.08. The van der Waals surface area contributed by atoms with E-state index >= 15 is 0 Å². The minimum Gasteiger partial charge on any atom is -0.468 e. The molecule has 0 atom stereocenters. The van der Waals surface area contributed by atoms with Crippen LogP contribution in [0.1, 0.15) is 11.5 Å². The Morgan fingerprint density at radius 3 is 2.84 bits per heavy atom. The summed E-state index contributed by atoms with van der Waals surface area (Å²) in [5.41, 5.74) is 0.215. The van der Waals surface area contributed by atoms with Gasteiger partial charge in [-0.2, -0.15) is 0 Å². The van der Waals surface area contributed by atoms with E-state index in [2.05, 4.69) is 4.98 Å². The summed E-state index contributed by atoms with van der Waals surface area (Å²) in [6.07, 6.45) is 0. The first-order chi connectivity index (χ1) is 9.01. The number of ether oxygens (including phenoxy) is 1. The predicted octanol–water partition coefficient (Wildman–Crippen LogP) is 1.11. The molecule has 0 spiro atoms. The van der Waals surface area contributed by atoms with E-state index in [0.29, 0.717) is 5.69 Å². The van der Waals surface area contributed by atoms with E-state index < -0.39 is 4.92 Å². The van der Waals surface area contributed by atoms with Crippen LogP contribution < -0.4 is 10.3 Å². The van der Waals surface area contributed by atoms with Crippen molar-refractivity contribution in [2.24, 2.45) is 0 Å². The van der Waals surface area contributed by atoms with E-state index in [1.807, 2.05) is 0 Å². The van der Waals surface area contributed by atoms with Crippen LogP contribution in [0, 0.1) is 17.0 Å². The molecule has 2 aromatic rings. The van der Waals surface area contributed by atoms with Crippen LogP contribution in [0.5, 0.6) is 6.01 Å². The summed E-state index contributed by atoms with van der Waals surface area (Å²) in [5.74, 6) is -0.0974. The third kappa shape index (κ3) is 2.62. The summed E-state index contributed by atoms with van der Waals surface area (Å²) in [6.45, 7) is 1.69. The molecule has 8 nitrogen and oxygen atoms in total. The van der Waals surface area contributed by atoms with Crippen molar-refractivity contribution in [3.8, 4) is 6.01 Å². The number of nitrogens with zero attached hydrogens (tertiary/aromatic N) is 3. The zero-order chi connectivity index (χ0) is 14.0. The van der Waals surface area contributed by atoms with Crippen molar-refractivity contribution in [3.63, 3.8) is 0 Å². The van der Waals surface area contributed by atoms with Gasteiger partial charge in [0.2, 0.25) is 0 Å². The summed E-state index contributed by atoms with van der Waals surface area (Å²) < 4.78 is 11.2. The molecular formula is C11H11N3O5. The lowest BCUT2D eigenvalue weighted by molar-refractivity contribution is -0.402. The molecule has 8 heteroatoms. The first-order valence-corrected chi connectivity index (χ1v) is 5.37. The van der Waals surface area contributed by atoms with Crippen LogP contribution in [0.3, 0.4) is 0 Å². The Hall–Kier alpha value is -2.64. The van der Waals surface area contributed by atoms with E-state index in [0.717, 1.165) is 0 Å². The Kier molecular flexibility index (Phi) is 3.32. The minimum atomic E-state index is -0.642. The van der Waals surface area contributed by atoms with Crippen molar-refractivity contribution in [2.75, 3.05) is 7.11 Å². The van der Waals surface area contributed by atoms with Gasteiger partial charge in [0.1, 0.15) is 10.7 Å². The van der Waals surface area contributed by atoms with Crippen LogP contribution >= 0.6 is 0 Å². The topological polar surface area (TPSA) is 100 Å². The molecule has 0 fully saturated rings. The van der Waals surface area contributed by atoms with Gasteiger partial charge in [-0.3, -0.25) is 19.5 Å². The van der Waals surface area contributed by atoms with Gasteiger partial charge in [-0.15, -0.1) is 0 Å². The van der Waals surface area contributed by atoms with Gasteiger partial charge in [0.25, 0.3) is 11.6 Å². The standard InChI is InChI=1S/C11H11N3O5/c1-7-5-9(15)13(11(12-7)18-2)6-8-3-4-10(19-8)14(16)17/h3-5H,6H2,1-2H3. The molecule has 0 bridgehead atoms. The quantitative estimate of drug-likeness (QED) is 0.606. The van der Waals surface area contributed by atoms with Crippen LogP contribution in [0.2, 0.25) is 0 Å². The molecule has 0 saturated carbocycles. The van der Waals surface area contributed by atoms with E-state index in [1.165, 1.54) is 29.9 Å². The summed E-state index contributed by atoms with van der Waals surface area (Å²) in [7, 11) is 1.39. The van der Waals surface area contributed by atoms with Gasteiger partial charge in [0, 0.05) is 11.8 Å². The molecule has 2 aromatic heterocycles. The van der Waals surface area contributed by atoms with Crippen molar-refractivity contribution >= 4 is 5.88 Å². The normalized spacial score (nSPS) is 10.4. The molecule has 19 heavy (non-hydrogen) atoms. The average molecular weight is 265 g/mol. The van der Waals surface area contributed by atoms with E-state index in [1.54, 1.807) is 6.92 Å². The monoisotopic (exact) mass is 265 g/mol. The van der Waals surface area contributed by atoms with E-state index in [9.17, 15) is 14.9 Å². The number of hydrogen-bond donors (Lipinski definition) is 0. The van der Waals surface area contributed by atoms with Crippen molar-refractivity contribution in [1.82, 2.24) is 9.55 Å². The van der Waals surface area contributed by atoms with Gasteiger partial charge < -0.3 is 9.15 Å². The van der Waals surface area contributed by atoms with E-state index in [4.69, 9.17) is 9.15 Å². The van der Waals surface area contributed by atoms with Gasteiger partial charge in [-0.1, -0.05) is 0 Å². The molecular weight excluding hydrogens is 254 g/mol. The number of hydrogen-bond acceptors (Lipinski definition) is 6. The molecule has 2 rings (SSSR count). The molecule has 2 heterocycles. The molecule has 0 aliphatic rings. The number of rotatable bonds is 4. The van der Waals surface area contributed by atoms with Crippen molar-refractivity contribution in [2.45, 2.75) is 13.5 Å². The highest BCUT2D eigenvalue weighted by Gasteiger charge is 2.14. The van der Waals surface area contributed by atoms with Gasteiger partial charge in [0.15, 0.2) is 0 Å². The lowest BCUT2D eigenvalue weighted by atomic mass is 10.4. The van der Waals surface area contributed by atoms with E-state index in [-0.39, 0.29) is 29.8 Å². The summed E-state index contributed by atoms with van der Waals surface area (Å²) in [4.78, 5) is 25.8. The first-order valence-electron chi connectivity index (χ1n) is 5.37. The molecule has 0 aliphatic carbocycles. The maximum absolute atomic E-state index is 11.8.